The predicted molar refractivity (Wildman–Crippen MR) is 55.2 cm³/mol. The number of esters is 1. The molecule has 0 aliphatic carbocycles. The molecular formula is C11H12FNO2. The molecule has 2 N–H and O–H groups in total. The third kappa shape index (κ3) is 3.42. The molecule has 0 atom stereocenters. The molecule has 0 saturated carbocycles. The highest BCUT2D eigenvalue weighted by atomic mass is 19.1. The van der Waals surface area contributed by atoms with E-state index in [4.69, 9.17) is 5.73 Å². The van der Waals surface area contributed by atoms with E-state index in [0.717, 1.165) is 0 Å². The van der Waals surface area contributed by atoms with E-state index in [-0.39, 0.29) is 11.5 Å². The minimum Gasteiger partial charge on any atom is -0.463 e. The van der Waals surface area contributed by atoms with Gasteiger partial charge in [0.25, 0.3) is 0 Å². The second-order valence-corrected chi connectivity index (χ2v) is 2.86. The van der Waals surface area contributed by atoms with Crippen molar-refractivity contribution in [2.45, 2.75) is 6.92 Å². The van der Waals surface area contributed by atoms with Crippen LogP contribution in [-0.2, 0) is 9.53 Å². The van der Waals surface area contributed by atoms with Crippen LogP contribution >= 0.6 is 0 Å². The molecule has 0 spiro atoms. The molecular weight excluding hydrogens is 197 g/mol. The van der Waals surface area contributed by atoms with Gasteiger partial charge in [0.15, 0.2) is 0 Å². The summed E-state index contributed by atoms with van der Waals surface area (Å²) in [4.78, 5) is 11.0. The lowest BCUT2D eigenvalue weighted by molar-refractivity contribution is -0.137. The van der Waals surface area contributed by atoms with Gasteiger partial charge in [-0.15, -0.1) is 0 Å². The molecule has 0 bridgehead atoms. The highest BCUT2D eigenvalue weighted by Crippen LogP contribution is 2.09. The lowest BCUT2D eigenvalue weighted by Gasteiger charge is -2.01. The molecule has 0 aliphatic heterocycles. The number of benzene rings is 1. The SMILES string of the molecule is CCOC(=O)/C=C(\N)c1ccc(F)cc1. The first kappa shape index (κ1) is 11.2. The predicted octanol–water partition coefficient (Wildman–Crippen LogP) is 1.69. The summed E-state index contributed by atoms with van der Waals surface area (Å²) in [5.74, 6) is -0.845. The van der Waals surface area contributed by atoms with Gasteiger partial charge in [0, 0.05) is 11.8 Å². The molecule has 0 saturated heterocycles. The summed E-state index contributed by atoms with van der Waals surface area (Å²) >= 11 is 0. The fourth-order valence-electron chi connectivity index (χ4n) is 1.04. The van der Waals surface area contributed by atoms with Gasteiger partial charge in [-0.3, -0.25) is 0 Å². The Morgan fingerprint density at radius 2 is 2.07 bits per heavy atom. The fourth-order valence-corrected chi connectivity index (χ4v) is 1.04. The molecule has 0 radical (unpaired) electrons. The van der Waals surface area contributed by atoms with Gasteiger partial charge in [-0.2, -0.15) is 0 Å². The first-order valence-electron chi connectivity index (χ1n) is 4.53. The van der Waals surface area contributed by atoms with Gasteiger partial charge in [-0.25, -0.2) is 9.18 Å². The number of hydrogen-bond donors (Lipinski definition) is 1. The Balaban J connectivity index is 2.79. The smallest absolute Gasteiger partial charge is 0.332 e. The van der Waals surface area contributed by atoms with Crippen molar-refractivity contribution in [1.29, 1.82) is 0 Å². The van der Waals surface area contributed by atoms with Gasteiger partial charge >= 0.3 is 5.97 Å². The molecule has 0 aliphatic rings. The summed E-state index contributed by atoms with van der Waals surface area (Å²) in [5, 5.41) is 0. The van der Waals surface area contributed by atoms with E-state index in [2.05, 4.69) is 4.74 Å². The van der Waals surface area contributed by atoms with Crippen LogP contribution < -0.4 is 5.73 Å². The molecule has 0 unspecified atom stereocenters. The maximum Gasteiger partial charge on any atom is 0.332 e. The number of nitrogens with two attached hydrogens (primary N) is 1. The number of carbonyl (C=O) groups is 1. The Labute approximate surface area is 87.3 Å². The molecule has 0 amide bonds. The highest BCUT2D eigenvalue weighted by molar-refractivity contribution is 5.90. The van der Waals surface area contributed by atoms with E-state index in [1.165, 1.54) is 30.3 Å². The van der Waals surface area contributed by atoms with Crippen LogP contribution in [0.25, 0.3) is 5.70 Å². The summed E-state index contributed by atoms with van der Waals surface area (Å²) < 4.78 is 17.3. The quantitative estimate of drug-likeness (QED) is 0.608. The Kier molecular flexibility index (Phi) is 3.85. The van der Waals surface area contributed by atoms with E-state index < -0.39 is 5.97 Å². The maximum absolute atomic E-state index is 12.6. The van der Waals surface area contributed by atoms with Crippen molar-refractivity contribution in [3.05, 3.63) is 41.7 Å². The molecule has 0 fully saturated rings. The Morgan fingerprint density at radius 3 is 2.60 bits per heavy atom. The number of ether oxygens (including phenoxy) is 1. The van der Waals surface area contributed by atoms with E-state index in [1.54, 1.807) is 6.92 Å². The standard InChI is InChI=1S/C11H12FNO2/c1-2-15-11(14)7-10(13)8-3-5-9(12)6-4-8/h3-7H,2,13H2,1H3/b10-7-. The van der Waals surface area contributed by atoms with Crippen molar-refractivity contribution in [3.63, 3.8) is 0 Å². The molecule has 0 heterocycles. The van der Waals surface area contributed by atoms with Crippen LogP contribution in [0.4, 0.5) is 4.39 Å². The Bertz CT molecular complexity index is 371. The summed E-state index contributed by atoms with van der Waals surface area (Å²) in [5.41, 5.74) is 6.46. The van der Waals surface area contributed by atoms with Gasteiger partial charge in [-0.05, 0) is 24.6 Å². The minimum absolute atomic E-state index is 0.258. The summed E-state index contributed by atoms with van der Waals surface area (Å²) in [6.07, 6.45) is 1.18. The number of halogens is 1. The lowest BCUT2D eigenvalue weighted by atomic mass is 10.1. The number of rotatable bonds is 3. The third-order valence-electron chi connectivity index (χ3n) is 1.74. The van der Waals surface area contributed by atoms with Crippen LogP contribution in [0.3, 0.4) is 0 Å². The minimum atomic E-state index is -0.501. The van der Waals surface area contributed by atoms with Gasteiger partial charge in [0.1, 0.15) is 5.82 Å². The molecule has 0 aromatic heterocycles. The molecule has 4 heteroatoms. The summed E-state index contributed by atoms with van der Waals surface area (Å²) in [6.45, 7) is 2.01. The van der Waals surface area contributed by atoms with Crippen molar-refractivity contribution in [1.82, 2.24) is 0 Å². The topological polar surface area (TPSA) is 52.3 Å². The van der Waals surface area contributed by atoms with Crippen LogP contribution in [-0.4, -0.2) is 12.6 Å². The maximum atomic E-state index is 12.6. The van der Waals surface area contributed by atoms with E-state index in [1.807, 2.05) is 0 Å². The van der Waals surface area contributed by atoms with Gasteiger partial charge in [-0.1, -0.05) is 12.1 Å². The summed E-state index contributed by atoms with van der Waals surface area (Å²) in [7, 11) is 0. The Hall–Kier alpha value is -1.84. The molecule has 1 aromatic carbocycles. The van der Waals surface area contributed by atoms with Crippen LogP contribution in [0.1, 0.15) is 12.5 Å². The van der Waals surface area contributed by atoms with E-state index in [9.17, 15) is 9.18 Å². The summed E-state index contributed by atoms with van der Waals surface area (Å²) in [6, 6.07) is 5.56. The van der Waals surface area contributed by atoms with Crippen LogP contribution in [0, 0.1) is 5.82 Å². The fraction of sp³-hybridized carbons (Fsp3) is 0.182. The monoisotopic (exact) mass is 209 g/mol. The van der Waals surface area contributed by atoms with Crippen molar-refractivity contribution in [2.75, 3.05) is 6.61 Å². The van der Waals surface area contributed by atoms with Gasteiger partial charge < -0.3 is 10.5 Å². The zero-order valence-corrected chi connectivity index (χ0v) is 8.37. The van der Waals surface area contributed by atoms with Crippen LogP contribution in [0.15, 0.2) is 30.3 Å². The number of carbonyl (C=O) groups excluding carboxylic acids is 1. The second-order valence-electron chi connectivity index (χ2n) is 2.86. The average Bonchev–Trinajstić information content (AvgIpc) is 2.18. The van der Waals surface area contributed by atoms with Crippen molar-refractivity contribution in [3.8, 4) is 0 Å². The van der Waals surface area contributed by atoms with Crippen molar-refractivity contribution in [2.24, 2.45) is 5.73 Å². The molecule has 3 nitrogen and oxygen atoms in total. The largest absolute Gasteiger partial charge is 0.463 e. The molecule has 1 rings (SSSR count). The average molecular weight is 209 g/mol. The van der Waals surface area contributed by atoms with Crippen LogP contribution in [0.2, 0.25) is 0 Å². The zero-order valence-electron chi connectivity index (χ0n) is 8.37. The first-order valence-corrected chi connectivity index (χ1v) is 4.53. The molecule has 80 valence electrons. The first-order chi connectivity index (χ1) is 7.13. The molecule has 1 aromatic rings. The normalized spacial score (nSPS) is 11.2. The van der Waals surface area contributed by atoms with E-state index >= 15 is 0 Å². The highest BCUT2D eigenvalue weighted by Gasteiger charge is 2.01. The third-order valence-corrected chi connectivity index (χ3v) is 1.74. The van der Waals surface area contributed by atoms with Crippen LogP contribution in [0.5, 0.6) is 0 Å². The molecule has 15 heavy (non-hydrogen) atoms. The van der Waals surface area contributed by atoms with Gasteiger partial charge in [0.05, 0.1) is 6.61 Å². The number of hydrogen-bond acceptors (Lipinski definition) is 3. The van der Waals surface area contributed by atoms with Crippen molar-refractivity contribution >= 4 is 11.7 Å². The van der Waals surface area contributed by atoms with Crippen molar-refractivity contribution < 1.29 is 13.9 Å². The lowest BCUT2D eigenvalue weighted by Crippen LogP contribution is -2.05. The Morgan fingerprint density at radius 1 is 1.47 bits per heavy atom. The second kappa shape index (κ2) is 5.14. The zero-order chi connectivity index (χ0) is 11.3. The van der Waals surface area contributed by atoms with E-state index in [0.29, 0.717) is 12.2 Å². The van der Waals surface area contributed by atoms with Gasteiger partial charge in [0.2, 0.25) is 0 Å².